The highest BCUT2D eigenvalue weighted by Crippen LogP contribution is 2.29. The Morgan fingerprint density at radius 2 is 1.57 bits per heavy atom. The van der Waals surface area contributed by atoms with Crippen LogP contribution in [0.1, 0.15) is 79.3 Å². The Bertz CT molecular complexity index is 1830. The van der Waals surface area contributed by atoms with E-state index in [4.69, 9.17) is 20.9 Å². The molecule has 13 nitrogen and oxygen atoms in total. The Morgan fingerprint density at radius 3 is 2.11 bits per heavy atom. The number of hydrogen-bond donors (Lipinski definition) is 3. The van der Waals surface area contributed by atoms with Gasteiger partial charge in [0.2, 0.25) is 29.7 Å². The predicted molar refractivity (Wildman–Crippen MR) is 199 cm³/mol. The second-order valence-corrected chi connectivity index (χ2v) is 13.9. The number of anilines is 1. The predicted octanol–water partition coefficient (Wildman–Crippen LogP) is 3.79. The number of carbonyl (C=O) groups excluding carboxylic acids is 6. The lowest BCUT2D eigenvalue weighted by Crippen LogP contribution is -2.57. The van der Waals surface area contributed by atoms with Crippen molar-refractivity contribution in [2.24, 2.45) is 16.9 Å². The second kappa shape index (κ2) is 17.6. The van der Waals surface area contributed by atoms with E-state index in [0.29, 0.717) is 48.3 Å². The number of esters is 2. The minimum atomic E-state index is -1.23. The van der Waals surface area contributed by atoms with E-state index in [-0.39, 0.29) is 18.4 Å². The molecule has 0 aliphatic carbocycles. The molecule has 1 fully saturated rings. The molecule has 5 N–H and O–H groups in total. The minimum absolute atomic E-state index is 0.205. The van der Waals surface area contributed by atoms with Gasteiger partial charge in [-0.05, 0) is 65.3 Å². The number of likely N-dealkylation sites (tertiary alicyclic amines) is 1. The molecule has 3 aromatic rings. The van der Waals surface area contributed by atoms with E-state index in [2.05, 4.69) is 5.32 Å². The number of nitrogens with two attached hydrogens (primary N) is 2. The number of nitrogens with one attached hydrogen (secondary N) is 1. The molecule has 280 valence electrons. The average Bonchev–Trinajstić information content (AvgIpc) is 3.64. The van der Waals surface area contributed by atoms with Gasteiger partial charge in [0.15, 0.2) is 0 Å². The van der Waals surface area contributed by atoms with Gasteiger partial charge in [0, 0.05) is 42.9 Å². The SMILES string of the molecule is COC(=O)C(OC(C)=O)c1ccc(/C=C/C(=O)N[C@H](C(=O)N2CCC[C@H]2C(=O)N(Cc2ccc(CN)cc2)c2ccc(C(N)=O)cc2)C(C)(C)C)cc1. The zero-order valence-electron chi connectivity index (χ0n) is 30.7. The van der Waals surface area contributed by atoms with Crippen LogP contribution in [-0.4, -0.2) is 66.2 Å². The summed E-state index contributed by atoms with van der Waals surface area (Å²) in [6.07, 6.45) is 2.64. The van der Waals surface area contributed by atoms with Gasteiger partial charge in [0.05, 0.1) is 13.7 Å². The number of hydrogen-bond acceptors (Lipinski definition) is 9. The van der Waals surface area contributed by atoms with Crippen molar-refractivity contribution in [1.82, 2.24) is 10.2 Å². The van der Waals surface area contributed by atoms with Crippen LogP contribution in [0.5, 0.6) is 0 Å². The fraction of sp³-hybridized carbons (Fsp3) is 0.350. The Hall–Kier alpha value is -5.82. The van der Waals surface area contributed by atoms with E-state index in [1.807, 2.05) is 45.0 Å². The molecule has 0 saturated carbocycles. The molecule has 53 heavy (non-hydrogen) atoms. The molecule has 1 heterocycles. The van der Waals surface area contributed by atoms with Crippen LogP contribution in [0.25, 0.3) is 6.08 Å². The molecule has 1 saturated heterocycles. The summed E-state index contributed by atoms with van der Waals surface area (Å²) in [5.41, 5.74) is 14.1. The first-order valence-electron chi connectivity index (χ1n) is 17.3. The van der Waals surface area contributed by atoms with Crippen LogP contribution < -0.4 is 21.7 Å². The van der Waals surface area contributed by atoms with Gasteiger partial charge >= 0.3 is 11.9 Å². The first-order chi connectivity index (χ1) is 25.1. The van der Waals surface area contributed by atoms with E-state index in [1.165, 1.54) is 20.1 Å². The first kappa shape index (κ1) is 40.0. The fourth-order valence-corrected chi connectivity index (χ4v) is 6.02. The van der Waals surface area contributed by atoms with Gasteiger partial charge in [0.25, 0.3) is 0 Å². The summed E-state index contributed by atoms with van der Waals surface area (Å²) < 4.78 is 9.84. The lowest BCUT2D eigenvalue weighted by Gasteiger charge is -2.36. The van der Waals surface area contributed by atoms with E-state index in [1.54, 1.807) is 64.4 Å². The zero-order valence-corrected chi connectivity index (χ0v) is 30.7. The van der Waals surface area contributed by atoms with Gasteiger partial charge in [0.1, 0.15) is 12.1 Å². The molecule has 3 aromatic carbocycles. The van der Waals surface area contributed by atoms with Crippen LogP contribution >= 0.6 is 0 Å². The van der Waals surface area contributed by atoms with Crippen molar-refractivity contribution < 1.29 is 38.2 Å². The monoisotopic (exact) mass is 725 g/mol. The normalized spacial score (nSPS) is 15.4. The van der Waals surface area contributed by atoms with Gasteiger partial charge in [-0.25, -0.2) is 4.79 Å². The molecular formula is C40H47N5O8. The number of carbonyl (C=O) groups is 6. The molecule has 0 bridgehead atoms. The summed E-state index contributed by atoms with van der Waals surface area (Å²) >= 11 is 0. The van der Waals surface area contributed by atoms with Gasteiger partial charge in [-0.3, -0.25) is 24.0 Å². The zero-order chi connectivity index (χ0) is 38.9. The summed E-state index contributed by atoms with van der Waals surface area (Å²) in [5, 5.41) is 2.85. The van der Waals surface area contributed by atoms with E-state index >= 15 is 0 Å². The van der Waals surface area contributed by atoms with Crippen LogP contribution in [-0.2, 0) is 46.5 Å². The maximum absolute atomic E-state index is 14.4. The molecule has 0 spiro atoms. The third kappa shape index (κ3) is 10.4. The number of methoxy groups -OCH3 is 1. The van der Waals surface area contributed by atoms with Crippen LogP contribution in [0.2, 0.25) is 0 Å². The maximum Gasteiger partial charge on any atom is 0.351 e. The second-order valence-electron chi connectivity index (χ2n) is 13.9. The lowest BCUT2D eigenvalue weighted by atomic mass is 9.85. The van der Waals surface area contributed by atoms with Crippen molar-refractivity contribution in [3.63, 3.8) is 0 Å². The number of primary amides is 1. The lowest BCUT2D eigenvalue weighted by molar-refractivity contribution is -0.165. The molecule has 1 aliphatic rings. The third-order valence-corrected chi connectivity index (χ3v) is 8.91. The Labute approximate surface area is 309 Å². The fourth-order valence-electron chi connectivity index (χ4n) is 6.02. The van der Waals surface area contributed by atoms with Crippen molar-refractivity contribution in [2.45, 2.75) is 71.8 Å². The van der Waals surface area contributed by atoms with Gasteiger partial charge in [-0.15, -0.1) is 0 Å². The summed E-state index contributed by atoms with van der Waals surface area (Å²) in [5.74, 6) is -3.16. The number of rotatable bonds is 13. The number of amides is 4. The quantitative estimate of drug-likeness (QED) is 0.174. The highest BCUT2D eigenvalue weighted by molar-refractivity contribution is 6.02. The molecule has 1 aliphatic heterocycles. The number of ether oxygens (including phenoxy) is 2. The average molecular weight is 726 g/mol. The molecule has 13 heteroatoms. The Balaban J connectivity index is 1.53. The van der Waals surface area contributed by atoms with Gasteiger partial charge in [-0.1, -0.05) is 69.3 Å². The van der Waals surface area contributed by atoms with Gasteiger partial charge in [-0.2, -0.15) is 0 Å². The number of benzene rings is 3. The van der Waals surface area contributed by atoms with Crippen molar-refractivity contribution >= 4 is 47.3 Å². The van der Waals surface area contributed by atoms with E-state index in [0.717, 1.165) is 11.1 Å². The molecule has 0 radical (unpaired) electrons. The van der Waals surface area contributed by atoms with Crippen LogP contribution in [0.15, 0.2) is 78.9 Å². The summed E-state index contributed by atoms with van der Waals surface area (Å²) in [6, 6.07) is 18.7. The minimum Gasteiger partial charge on any atom is -0.466 e. The molecular weight excluding hydrogens is 678 g/mol. The Kier molecular flexibility index (Phi) is 13.3. The summed E-state index contributed by atoms with van der Waals surface area (Å²) in [6.45, 7) is 7.62. The smallest absolute Gasteiger partial charge is 0.351 e. The standard InChI is InChI=1S/C40H47N5O8/c1-25(46)53-34(39(51)52-5)29-15-12-26(13-16-29)14-21-33(47)43-35(40(2,3)4)38(50)44-22-6-7-32(44)37(49)45(24-28-10-8-27(23-41)9-11-28)31-19-17-30(18-20-31)36(42)48/h8-21,32,34-35H,6-7,22-24,41H2,1-5H3,(H2,42,48)(H,43,47)/b21-14+/t32-,34?,35+/m0/s1. The van der Waals surface area contributed by atoms with Crippen LogP contribution in [0, 0.1) is 5.41 Å². The van der Waals surface area contributed by atoms with E-state index < -0.39 is 47.4 Å². The summed E-state index contributed by atoms with van der Waals surface area (Å²) in [7, 11) is 1.19. The third-order valence-electron chi connectivity index (χ3n) is 8.91. The summed E-state index contributed by atoms with van der Waals surface area (Å²) in [4.78, 5) is 80.4. The van der Waals surface area contributed by atoms with Crippen LogP contribution in [0.4, 0.5) is 5.69 Å². The van der Waals surface area contributed by atoms with Crippen LogP contribution in [0.3, 0.4) is 0 Å². The molecule has 3 atom stereocenters. The van der Waals surface area contributed by atoms with Crippen molar-refractivity contribution in [3.05, 3.63) is 107 Å². The van der Waals surface area contributed by atoms with Crippen molar-refractivity contribution in [3.8, 4) is 0 Å². The first-order valence-corrected chi connectivity index (χ1v) is 17.3. The Morgan fingerprint density at radius 1 is 0.943 bits per heavy atom. The topological polar surface area (TPSA) is 191 Å². The number of nitrogens with zero attached hydrogens (tertiary/aromatic N) is 2. The van der Waals surface area contributed by atoms with Crippen molar-refractivity contribution in [2.75, 3.05) is 18.6 Å². The largest absolute Gasteiger partial charge is 0.466 e. The maximum atomic E-state index is 14.4. The van der Waals surface area contributed by atoms with Crippen molar-refractivity contribution in [1.29, 1.82) is 0 Å². The highest BCUT2D eigenvalue weighted by Gasteiger charge is 2.43. The molecule has 1 unspecified atom stereocenters. The van der Waals surface area contributed by atoms with Gasteiger partial charge < -0.3 is 36.1 Å². The highest BCUT2D eigenvalue weighted by atomic mass is 16.6. The molecule has 0 aromatic heterocycles. The van der Waals surface area contributed by atoms with E-state index in [9.17, 15) is 28.8 Å². The molecule has 4 amide bonds. The molecule has 4 rings (SSSR count).